The van der Waals surface area contributed by atoms with Crippen LogP contribution in [0, 0.1) is 5.92 Å². The third kappa shape index (κ3) is 5.71. The van der Waals surface area contributed by atoms with Crippen molar-refractivity contribution in [3.8, 4) is 0 Å². The summed E-state index contributed by atoms with van der Waals surface area (Å²) < 4.78 is 5.84. The molecule has 0 spiro atoms. The summed E-state index contributed by atoms with van der Waals surface area (Å²) in [5, 5.41) is 29.3. The van der Waals surface area contributed by atoms with Crippen LogP contribution in [0.2, 0.25) is 0 Å². The fraction of sp³-hybridized carbons (Fsp3) is 0.667. The van der Waals surface area contributed by atoms with Crippen molar-refractivity contribution in [1.82, 2.24) is 0 Å². The van der Waals surface area contributed by atoms with E-state index < -0.39 is 18.2 Å². The smallest absolute Gasteiger partial charge is 0.303 e. The van der Waals surface area contributed by atoms with E-state index in [4.69, 9.17) is 9.52 Å². The van der Waals surface area contributed by atoms with Gasteiger partial charge in [-0.1, -0.05) is 38.8 Å². The van der Waals surface area contributed by atoms with Crippen LogP contribution in [0.3, 0.4) is 0 Å². The second-order valence-electron chi connectivity index (χ2n) is 7.48. The normalized spacial score (nSPS) is 21.8. The first-order chi connectivity index (χ1) is 12.4. The van der Waals surface area contributed by atoms with Gasteiger partial charge in [0.25, 0.3) is 0 Å². The fourth-order valence-electron chi connectivity index (χ4n) is 3.52. The van der Waals surface area contributed by atoms with E-state index in [9.17, 15) is 15.0 Å². The van der Waals surface area contributed by atoms with Gasteiger partial charge in [0, 0.05) is 30.7 Å². The molecule has 0 saturated carbocycles. The molecule has 4 atom stereocenters. The summed E-state index contributed by atoms with van der Waals surface area (Å²) in [5.74, 6) is 0.955. The van der Waals surface area contributed by atoms with Crippen molar-refractivity contribution in [2.45, 2.75) is 83.3 Å². The van der Waals surface area contributed by atoms with Crippen LogP contribution in [0.4, 0.5) is 0 Å². The van der Waals surface area contributed by atoms with Gasteiger partial charge in [0.15, 0.2) is 0 Å². The molecular formula is C21H32O5. The molecule has 5 heteroatoms. The highest BCUT2D eigenvalue weighted by Gasteiger charge is 2.33. The highest BCUT2D eigenvalue weighted by Crippen LogP contribution is 2.37. The van der Waals surface area contributed by atoms with E-state index in [0.29, 0.717) is 19.3 Å². The first kappa shape index (κ1) is 20.7. The van der Waals surface area contributed by atoms with Gasteiger partial charge < -0.3 is 19.7 Å². The van der Waals surface area contributed by atoms with Gasteiger partial charge in [0.05, 0.1) is 12.2 Å². The maximum absolute atomic E-state index is 10.6. The summed E-state index contributed by atoms with van der Waals surface area (Å²) in [6, 6.07) is 1.98. The number of aryl methyl sites for hydroxylation is 1. The highest BCUT2D eigenvalue weighted by atomic mass is 16.4. The highest BCUT2D eigenvalue weighted by molar-refractivity contribution is 5.66. The monoisotopic (exact) mass is 364 g/mol. The number of carboxylic acids is 1. The van der Waals surface area contributed by atoms with Crippen LogP contribution in [0.1, 0.15) is 75.4 Å². The molecule has 5 nitrogen and oxygen atoms in total. The summed E-state index contributed by atoms with van der Waals surface area (Å²) in [7, 11) is 0. The molecule has 2 rings (SSSR count). The number of carbonyl (C=O) groups is 1. The number of unbranched alkanes of at least 4 members (excludes halogenated alkanes) is 2. The molecule has 0 aliphatic heterocycles. The quantitative estimate of drug-likeness (QED) is 0.410. The average molecular weight is 364 g/mol. The number of carboxylic acid groups (broad SMARTS) is 1. The molecule has 1 unspecified atom stereocenters. The van der Waals surface area contributed by atoms with Crippen molar-refractivity contribution < 1.29 is 24.5 Å². The Balaban J connectivity index is 1.93. The number of aliphatic hydroxyl groups is 2. The molecule has 146 valence electrons. The third-order valence-corrected chi connectivity index (χ3v) is 5.24. The number of rotatable bonds is 11. The topological polar surface area (TPSA) is 90.9 Å². The molecule has 1 aliphatic rings. The Morgan fingerprint density at radius 3 is 2.85 bits per heavy atom. The zero-order valence-electron chi connectivity index (χ0n) is 15.9. The van der Waals surface area contributed by atoms with Crippen LogP contribution >= 0.6 is 0 Å². The Labute approximate surface area is 155 Å². The first-order valence-corrected chi connectivity index (χ1v) is 9.80. The van der Waals surface area contributed by atoms with E-state index in [1.54, 1.807) is 0 Å². The minimum Gasteiger partial charge on any atom is -0.481 e. The Kier molecular flexibility index (Phi) is 7.91. The molecule has 26 heavy (non-hydrogen) atoms. The predicted molar refractivity (Wildman–Crippen MR) is 100 cm³/mol. The largest absolute Gasteiger partial charge is 0.481 e. The Morgan fingerprint density at radius 1 is 1.38 bits per heavy atom. The summed E-state index contributed by atoms with van der Waals surface area (Å²) in [4.78, 5) is 10.6. The van der Waals surface area contributed by atoms with Gasteiger partial charge in [-0.3, -0.25) is 4.79 Å². The second-order valence-corrected chi connectivity index (χ2v) is 7.48. The summed E-state index contributed by atoms with van der Waals surface area (Å²) in [6.07, 6.45) is 8.71. The molecule has 1 aliphatic carbocycles. The van der Waals surface area contributed by atoms with Gasteiger partial charge in [-0.2, -0.15) is 0 Å². The van der Waals surface area contributed by atoms with E-state index >= 15 is 0 Å². The lowest BCUT2D eigenvalue weighted by Gasteiger charge is -2.16. The van der Waals surface area contributed by atoms with Crippen molar-refractivity contribution in [3.63, 3.8) is 0 Å². The molecule has 3 N–H and O–H groups in total. The lowest BCUT2D eigenvalue weighted by molar-refractivity contribution is -0.137. The lowest BCUT2D eigenvalue weighted by atomic mass is 9.94. The van der Waals surface area contributed by atoms with Gasteiger partial charge in [0.2, 0.25) is 0 Å². The Hall–Kier alpha value is -1.59. The molecule has 0 aromatic carbocycles. The van der Waals surface area contributed by atoms with E-state index in [-0.39, 0.29) is 18.3 Å². The number of hydrogen-bond acceptors (Lipinski definition) is 4. The van der Waals surface area contributed by atoms with Crippen LogP contribution in [-0.4, -0.2) is 33.5 Å². The standard InChI is InChI=1S/C21H32O5/c1-3-4-7-14(2)18(22)11-10-16-17-12-15(8-5-6-9-21(24)25)26-20(17)13-19(16)23/h10-12,14,16,18-19,22-23H,3-9,13H2,1-2H3,(H,24,25)/b11-10+/t14?,16-,18-,19-/m1/s1. The summed E-state index contributed by atoms with van der Waals surface area (Å²) in [5.41, 5.74) is 0.996. The molecule has 0 bridgehead atoms. The van der Waals surface area contributed by atoms with Gasteiger partial charge in [0.1, 0.15) is 11.5 Å². The van der Waals surface area contributed by atoms with Crippen molar-refractivity contribution in [2.75, 3.05) is 0 Å². The number of fused-ring (bicyclic) bond motifs is 1. The van der Waals surface area contributed by atoms with Gasteiger partial charge in [-0.25, -0.2) is 0 Å². The van der Waals surface area contributed by atoms with Gasteiger partial charge in [-0.15, -0.1) is 0 Å². The molecule has 0 radical (unpaired) electrons. The lowest BCUT2D eigenvalue weighted by Crippen LogP contribution is -2.16. The molecule has 1 aromatic heterocycles. The molecule has 1 heterocycles. The van der Waals surface area contributed by atoms with Crippen LogP contribution in [0.5, 0.6) is 0 Å². The fourth-order valence-corrected chi connectivity index (χ4v) is 3.52. The van der Waals surface area contributed by atoms with Crippen molar-refractivity contribution in [2.24, 2.45) is 5.92 Å². The zero-order valence-corrected chi connectivity index (χ0v) is 15.9. The van der Waals surface area contributed by atoms with Crippen LogP contribution in [0.15, 0.2) is 22.6 Å². The third-order valence-electron chi connectivity index (χ3n) is 5.24. The van der Waals surface area contributed by atoms with Crippen LogP contribution in [0.25, 0.3) is 0 Å². The molecule has 0 saturated heterocycles. The summed E-state index contributed by atoms with van der Waals surface area (Å²) >= 11 is 0. The SMILES string of the molecule is CCCCC(C)[C@H](O)/C=C/[C@@H]1c2cc(CCCCC(=O)O)oc2C[C@H]1O. The van der Waals surface area contributed by atoms with Gasteiger partial charge in [-0.05, 0) is 31.2 Å². The molecule has 0 fully saturated rings. The van der Waals surface area contributed by atoms with Crippen molar-refractivity contribution in [3.05, 3.63) is 35.3 Å². The molecular weight excluding hydrogens is 332 g/mol. The number of aliphatic hydroxyl groups excluding tert-OH is 2. The maximum Gasteiger partial charge on any atom is 0.303 e. The summed E-state index contributed by atoms with van der Waals surface area (Å²) in [6.45, 7) is 4.19. The average Bonchev–Trinajstić information content (AvgIpc) is 3.10. The van der Waals surface area contributed by atoms with Crippen LogP contribution < -0.4 is 0 Å². The van der Waals surface area contributed by atoms with Crippen molar-refractivity contribution in [1.29, 1.82) is 0 Å². The molecule has 0 amide bonds. The second kappa shape index (κ2) is 9.93. The van der Waals surface area contributed by atoms with E-state index in [1.807, 2.05) is 25.1 Å². The molecule has 1 aromatic rings. The number of aliphatic carboxylic acids is 1. The maximum atomic E-state index is 10.6. The van der Waals surface area contributed by atoms with Crippen molar-refractivity contribution >= 4 is 5.97 Å². The van der Waals surface area contributed by atoms with E-state index in [0.717, 1.165) is 42.8 Å². The van der Waals surface area contributed by atoms with Crippen LogP contribution in [-0.2, 0) is 17.6 Å². The number of hydrogen-bond donors (Lipinski definition) is 3. The van der Waals surface area contributed by atoms with E-state index in [2.05, 4.69) is 6.92 Å². The van der Waals surface area contributed by atoms with Gasteiger partial charge >= 0.3 is 5.97 Å². The minimum absolute atomic E-state index is 0.144. The first-order valence-electron chi connectivity index (χ1n) is 9.80. The van der Waals surface area contributed by atoms with E-state index in [1.165, 1.54) is 0 Å². The zero-order chi connectivity index (χ0) is 19.1. The Bertz CT molecular complexity index is 604. The Morgan fingerprint density at radius 2 is 2.15 bits per heavy atom. The predicted octanol–water partition coefficient (Wildman–Crippen LogP) is 3.82. The minimum atomic E-state index is -0.771. The number of furan rings is 1.